The van der Waals surface area contributed by atoms with Crippen LogP contribution >= 0.6 is 22.7 Å². The average Bonchev–Trinajstić information content (AvgIpc) is 1.13. The van der Waals surface area contributed by atoms with E-state index in [1.165, 1.54) is 81.8 Å². The van der Waals surface area contributed by atoms with Gasteiger partial charge in [-0.15, -0.1) is 82.3 Å². The fourth-order valence-electron chi connectivity index (χ4n) is 18.9. The molecule has 10 heterocycles. The van der Waals surface area contributed by atoms with Crippen LogP contribution in [-0.4, -0.2) is 44.9 Å². The third-order valence-corrected chi connectivity index (χ3v) is 35.9. The quantitative estimate of drug-likeness (QED) is 0.0772. The molecule has 2 atom stereocenters. The molecule has 0 bridgehead atoms. The van der Waals surface area contributed by atoms with E-state index in [9.17, 15) is 0 Å². The number of para-hydroxylation sites is 2. The third-order valence-electron chi connectivity index (χ3n) is 23.7. The van der Waals surface area contributed by atoms with Crippen LogP contribution in [0.4, 0.5) is 43.2 Å². The van der Waals surface area contributed by atoms with Gasteiger partial charge in [-0.1, -0.05) is 256 Å². The topological polar surface area (TPSA) is 66.9 Å². The summed E-state index contributed by atoms with van der Waals surface area (Å²) in [6, 6.07) is 129. The van der Waals surface area contributed by atoms with Crippen molar-refractivity contribution in [3.05, 3.63) is 411 Å². The molecule has 8 aromatic heterocycles. The number of fused-ring (bicyclic) bond motifs is 24. The molecule has 22 aromatic rings. The molecule has 0 radical (unpaired) electrons. The Labute approximate surface area is 716 Å². The minimum absolute atomic E-state index is 0. The van der Waals surface area contributed by atoms with Crippen molar-refractivity contribution in [1.82, 2.24) is 28.7 Å². The molecule has 2 aliphatic rings. The van der Waals surface area contributed by atoms with Gasteiger partial charge in [0.05, 0.1) is 11.3 Å². The van der Waals surface area contributed by atoms with Gasteiger partial charge in [-0.2, -0.15) is 36.4 Å². The third kappa shape index (κ3) is 11.1. The van der Waals surface area contributed by atoms with Crippen molar-refractivity contribution in [2.45, 2.75) is 12.3 Å². The summed E-state index contributed by atoms with van der Waals surface area (Å²) in [6.07, 6.45) is 8.25. The van der Waals surface area contributed by atoms with Gasteiger partial charge in [0.25, 0.3) is 0 Å². The van der Waals surface area contributed by atoms with E-state index in [-0.39, 0.29) is 42.1 Å². The molecular formula is C102H62F2N8Pt2S2Si2. The van der Waals surface area contributed by atoms with Crippen LogP contribution in [0.5, 0.6) is 0 Å². The number of anilines is 6. The Kier molecular flexibility index (Phi) is 18.2. The number of pyridine rings is 4. The first-order chi connectivity index (χ1) is 57.4. The normalized spacial score (nSPS) is 13.7. The van der Waals surface area contributed by atoms with Crippen LogP contribution in [0.15, 0.2) is 365 Å². The number of nitrogens with zero attached hydrogens (tertiary/aromatic N) is 8. The Bertz CT molecular complexity index is 7640. The molecule has 0 saturated carbocycles. The van der Waals surface area contributed by atoms with Gasteiger partial charge in [0.15, 0.2) is 16.1 Å². The molecule has 0 fully saturated rings. The molecule has 8 nitrogen and oxygen atoms in total. The number of hydrogen-bond donors (Lipinski definition) is 0. The first kappa shape index (κ1) is 73.2. The van der Waals surface area contributed by atoms with Gasteiger partial charge in [0.1, 0.15) is 24.0 Å². The number of rotatable bonds is 10. The summed E-state index contributed by atoms with van der Waals surface area (Å²) in [5, 5.41) is 20.8. The van der Waals surface area contributed by atoms with Crippen LogP contribution in [0.25, 0.3) is 95.0 Å². The Morgan fingerprint density at radius 1 is 0.305 bits per heavy atom. The maximum absolute atomic E-state index is 17.2. The van der Waals surface area contributed by atoms with E-state index in [0.717, 1.165) is 89.0 Å². The van der Waals surface area contributed by atoms with Crippen molar-refractivity contribution >= 4 is 210 Å². The number of halogens is 2. The predicted octanol–water partition coefficient (Wildman–Crippen LogP) is 20.4. The summed E-state index contributed by atoms with van der Waals surface area (Å²) < 4.78 is 43.4. The Morgan fingerprint density at radius 3 is 1.21 bits per heavy atom. The summed E-state index contributed by atoms with van der Waals surface area (Å²) in [5.74, 6) is 1.67. The summed E-state index contributed by atoms with van der Waals surface area (Å²) in [6.45, 7) is 0. The van der Waals surface area contributed by atoms with Crippen molar-refractivity contribution in [2.24, 2.45) is 0 Å². The summed E-state index contributed by atoms with van der Waals surface area (Å²) >= 11 is 3.69. The first-order valence-electron chi connectivity index (χ1n) is 38.7. The smallest absolute Gasteiger partial charge is 0.340 e. The summed E-state index contributed by atoms with van der Waals surface area (Å²) in [5.41, 5.74) is 8.87. The van der Waals surface area contributed by atoms with E-state index >= 15 is 8.78 Å². The molecule has 2 aliphatic heterocycles. The number of aromatic nitrogens is 6. The molecular weight excluding hydrogens is 1890 g/mol. The summed E-state index contributed by atoms with van der Waals surface area (Å²) in [7, 11) is -6.07. The predicted molar refractivity (Wildman–Crippen MR) is 480 cm³/mol. The van der Waals surface area contributed by atoms with Gasteiger partial charge in [-0.25, -0.2) is 18.7 Å². The number of hydrogen-bond acceptors (Lipinski definition) is 8. The zero-order chi connectivity index (χ0) is 76.7. The Hall–Kier alpha value is -12.5. The van der Waals surface area contributed by atoms with Crippen molar-refractivity contribution in [3.8, 4) is 0 Å². The van der Waals surface area contributed by atoms with Crippen LogP contribution < -0.4 is 51.3 Å². The van der Waals surface area contributed by atoms with E-state index in [2.05, 4.69) is 295 Å². The van der Waals surface area contributed by atoms with Gasteiger partial charge < -0.3 is 18.6 Å². The molecule has 0 amide bonds. The van der Waals surface area contributed by atoms with Gasteiger partial charge in [-0.3, -0.25) is 9.97 Å². The second-order valence-corrected chi connectivity index (χ2v) is 39.2. The molecule has 0 saturated heterocycles. The van der Waals surface area contributed by atoms with Crippen LogP contribution in [0.1, 0.15) is 34.6 Å². The maximum Gasteiger partial charge on any atom is 2.00 e. The molecule has 2 unspecified atom stereocenters. The number of alkyl halides is 2. The average molecular weight is 1950 g/mol. The maximum atomic E-state index is 17.2. The largest absolute Gasteiger partial charge is 2.00 e. The standard InChI is InChI=1S/2C51H31FN4SSi.2Pt/c52-48(34-24-25-38-39-19-7-9-21-42(39)55-30-29-54-50(55)41(38)32-34)33-13-11-14-35(31-33)56-43-26-27-45-47(40-20-8-10-22-44(40)57-45)49(43)58(36-15-3-1-4-16-36,37-17-5-2-6-18-37)46-23-12-28-53-51(46)56;52-47(34-24-25-38-39-19-7-9-21-43(39)55-30-29-54-50(55)42(38)32-34)33-13-11-14-35(31-33)56-44-27-26-41-40-20-8-10-22-45(40)57-48(41)49(44)58(36-15-3-1-4-16-36,37-17-5-2-6-18-37)46-23-12-28-53-51(46)56;;/h1-30,48H;1-30,47H;;/q2*-2;2*+2. The van der Waals surface area contributed by atoms with Gasteiger partial charge in [0, 0.05) is 99.9 Å². The summed E-state index contributed by atoms with van der Waals surface area (Å²) in [4.78, 5) is 24.2. The first-order valence-corrected chi connectivity index (χ1v) is 44.4. The number of benzene rings is 14. The number of thiophene rings is 2. The van der Waals surface area contributed by atoms with Crippen molar-refractivity contribution in [2.75, 3.05) is 9.80 Å². The van der Waals surface area contributed by atoms with Crippen molar-refractivity contribution in [3.63, 3.8) is 0 Å². The van der Waals surface area contributed by atoms with Gasteiger partial charge >= 0.3 is 42.1 Å². The Morgan fingerprint density at radius 2 is 0.712 bits per heavy atom. The Balaban J connectivity index is 0.000000144. The van der Waals surface area contributed by atoms with E-state index in [1.54, 1.807) is 12.4 Å². The fraction of sp³-hybridized carbons (Fsp3) is 0.0196. The molecule has 0 spiro atoms. The van der Waals surface area contributed by atoms with E-state index in [0.29, 0.717) is 22.3 Å². The second kappa shape index (κ2) is 29.3. The molecule has 0 aliphatic carbocycles. The van der Waals surface area contributed by atoms with E-state index < -0.39 is 28.5 Å². The fourth-order valence-corrected chi connectivity index (χ4v) is 32.2. The van der Waals surface area contributed by atoms with Crippen LogP contribution in [0.3, 0.4) is 0 Å². The zero-order valence-electron chi connectivity index (χ0n) is 62.6. The monoisotopic (exact) mass is 1950 g/mol. The molecule has 16 heteroatoms. The zero-order valence-corrected chi connectivity index (χ0v) is 70.8. The minimum atomic E-state index is -3.05. The van der Waals surface area contributed by atoms with Crippen molar-refractivity contribution < 1.29 is 50.9 Å². The molecule has 24 rings (SSSR count). The van der Waals surface area contributed by atoms with Crippen molar-refractivity contribution in [1.29, 1.82) is 0 Å². The molecule has 0 N–H and O–H groups in total. The van der Waals surface area contributed by atoms with Crippen LogP contribution in [0, 0.1) is 24.3 Å². The van der Waals surface area contributed by atoms with Crippen LogP contribution in [0.2, 0.25) is 0 Å². The van der Waals surface area contributed by atoms with Gasteiger partial charge in [-0.05, 0) is 107 Å². The molecule has 14 aromatic carbocycles. The van der Waals surface area contributed by atoms with E-state index in [4.69, 9.17) is 9.97 Å². The second-order valence-electron chi connectivity index (χ2n) is 29.6. The number of imidazole rings is 2. The molecule has 564 valence electrons. The SMILES string of the molecule is FC(c1[c-]c(N2c3ccc4c(sc5ccccc54)c3[Si](c3ccccc3)(c3ccccc3)c3cccnc32)ccc1)c1[c-]c2c(cc1)c1ccccc1n1ccnc21.FC(c1[c-]c(N2c3ccc4sc5ccccc5c4c3[Si](c3ccccc3)(c3ccccc3)c3cccnc32)ccc1)c1[c-]c2c(cc1)c1ccccc1n1ccnc21.[Pt+2].[Pt+2]. The minimum Gasteiger partial charge on any atom is -0.340 e. The van der Waals surface area contributed by atoms with Crippen LogP contribution in [-0.2, 0) is 42.1 Å². The van der Waals surface area contributed by atoms with E-state index in [1.807, 2.05) is 132 Å². The van der Waals surface area contributed by atoms with Gasteiger partial charge in [0.2, 0.25) is 0 Å². The molecule has 118 heavy (non-hydrogen) atoms.